The Balaban J connectivity index is 1.88. The highest BCUT2D eigenvalue weighted by Gasteiger charge is 2.29. The average Bonchev–Trinajstić information content (AvgIpc) is 2.83. The maximum atomic E-state index is 13.4. The second kappa shape index (κ2) is 11.9. The number of fused-ring (bicyclic) bond motifs is 1. The summed E-state index contributed by atoms with van der Waals surface area (Å²) in [5.41, 5.74) is 0.905. The van der Waals surface area contributed by atoms with Crippen molar-refractivity contribution in [2.24, 2.45) is 5.92 Å². The maximum absolute atomic E-state index is 13.4. The summed E-state index contributed by atoms with van der Waals surface area (Å²) in [6.07, 6.45) is -0.296. The molecule has 36 heavy (non-hydrogen) atoms. The van der Waals surface area contributed by atoms with Gasteiger partial charge in [0.05, 0.1) is 17.7 Å². The van der Waals surface area contributed by atoms with Gasteiger partial charge in [-0.3, -0.25) is 9.59 Å². The normalized spacial score (nSPS) is 20.9. The van der Waals surface area contributed by atoms with Crippen molar-refractivity contribution in [3.8, 4) is 5.75 Å². The van der Waals surface area contributed by atoms with Crippen LogP contribution in [0.4, 0.5) is 20.6 Å². The lowest BCUT2D eigenvalue weighted by atomic mass is 10.0. The molecule has 1 aliphatic heterocycles. The Bertz CT molecular complexity index is 1110. The van der Waals surface area contributed by atoms with Gasteiger partial charge in [0.1, 0.15) is 18.2 Å². The zero-order chi connectivity index (χ0) is 26.4. The molecule has 3 atom stereocenters. The van der Waals surface area contributed by atoms with Crippen molar-refractivity contribution in [2.75, 3.05) is 44.5 Å². The van der Waals surface area contributed by atoms with Gasteiger partial charge in [-0.25, -0.2) is 9.18 Å². The van der Waals surface area contributed by atoms with Gasteiger partial charge in [-0.2, -0.15) is 0 Å². The fourth-order valence-corrected chi connectivity index (χ4v) is 4.15. The summed E-state index contributed by atoms with van der Waals surface area (Å²) >= 11 is 0. The number of rotatable bonds is 3. The summed E-state index contributed by atoms with van der Waals surface area (Å²) < 4.78 is 25.1. The number of anilines is 2. The van der Waals surface area contributed by atoms with Crippen LogP contribution in [-0.4, -0.2) is 73.6 Å². The Labute approximate surface area is 210 Å². The fraction of sp³-hybridized carbons (Fsp3) is 0.423. The summed E-state index contributed by atoms with van der Waals surface area (Å²) in [5.74, 6) is -0.543. The Kier molecular flexibility index (Phi) is 8.87. The molecule has 2 aromatic rings. The molecule has 0 saturated heterocycles. The Morgan fingerprint density at radius 2 is 1.78 bits per heavy atom. The molecule has 0 spiro atoms. The van der Waals surface area contributed by atoms with E-state index >= 15 is 0 Å². The second-order valence-corrected chi connectivity index (χ2v) is 9.07. The molecule has 9 nitrogen and oxygen atoms in total. The number of likely N-dealkylation sites (N-methyl/N-ethyl adjacent to an activating group) is 1. The van der Waals surface area contributed by atoms with Crippen LogP contribution in [0.2, 0.25) is 0 Å². The molecule has 0 aliphatic carbocycles. The van der Waals surface area contributed by atoms with E-state index in [-0.39, 0.29) is 42.0 Å². The Hall–Kier alpha value is -3.66. The first-order valence-electron chi connectivity index (χ1n) is 11.7. The summed E-state index contributed by atoms with van der Waals surface area (Å²) in [6, 6.07) is 9.44. The van der Waals surface area contributed by atoms with E-state index < -0.39 is 11.8 Å². The molecule has 2 N–H and O–H groups in total. The number of carbonyl (C=O) groups excluding carboxylic acids is 3. The maximum Gasteiger partial charge on any atom is 0.323 e. The number of urea groups is 1. The van der Waals surface area contributed by atoms with Gasteiger partial charge in [-0.1, -0.05) is 13.0 Å². The molecule has 194 valence electrons. The van der Waals surface area contributed by atoms with Gasteiger partial charge in [0.25, 0.3) is 5.91 Å². The van der Waals surface area contributed by atoms with Crippen molar-refractivity contribution in [1.29, 1.82) is 0 Å². The second-order valence-electron chi connectivity index (χ2n) is 9.07. The van der Waals surface area contributed by atoms with E-state index in [1.807, 2.05) is 13.8 Å². The van der Waals surface area contributed by atoms with Gasteiger partial charge in [0.2, 0.25) is 5.91 Å². The molecule has 0 aromatic heterocycles. The van der Waals surface area contributed by atoms with E-state index in [1.54, 1.807) is 37.3 Å². The molecular formula is C26H33FN4O5. The summed E-state index contributed by atoms with van der Waals surface area (Å²) in [7, 11) is 3.25. The highest BCUT2D eigenvalue weighted by molar-refractivity contribution is 6.02. The minimum Gasteiger partial charge on any atom is -0.491 e. The average molecular weight is 501 g/mol. The van der Waals surface area contributed by atoms with Gasteiger partial charge in [0, 0.05) is 51.5 Å². The van der Waals surface area contributed by atoms with Gasteiger partial charge in [-0.05, 0) is 43.3 Å². The van der Waals surface area contributed by atoms with Crippen molar-refractivity contribution in [3.05, 3.63) is 53.8 Å². The van der Waals surface area contributed by atoms with E-state index in [0.29, 0.717) is 30.2 Å². The lowest BCUT2D eigenvalue weighted by Gasteiger charge is -2.35. The lowest BCUT2D eigenvalue weighted by molar-refractivity contribution is -0.133. The smallest absolute Gasteiger partial charge is 0.323 e. The van der Waals surface area contributed by atoms with Crippen LogP contribution < -0.4 is 15.4 Å². The van der Waals surface area contributed by atoms with Crippen molar-refractivity contribution >= 4 is 29.2 Å². The van der Waals surface area contributed by atoms with Gasteiger partial charge in [-0.15, -0.1) is 0 Å². The fourth-order valence-electron chi connectivity index (χ4n) is 4.15. The van der Waals surface area contributed by atoms with Crippen LogP contribution in [0.1, 0.15) is 31.1 Å². The highest BCUT2D eigenvalue weighted by atomic mass is 19.1. The van der Waals surface area contributed by atoms with Crippen molar-refractivity contribution < 1.29 is 28.2 Å². The third kappa shape index (κ3) is 6.72. The standard InChI is InChI=1S/C26H33FN4O5/c1-16-13-31(18(3)32)17(2)15-36-23-10-9-21(12-22(23)25(33)30(4)14-24(16)35-5)29-26(34)28-20-8-6-7-19(27)11-20/h6-12,16-17,24H,13-15H2,1-5H3,(H2,28,29,34)/t16-,17-,24+/m0/s1. The third-order valence-corrected chi connectivity index (χ3v) is 6.19. The van der Waals surface area contributed by atoms with E-state index in [2.05, 4.69) is 10.6 Å². The van der Waals surface area contributed by atoms with Gasteiger partial charge in [0.15, 0.2) is 0 Å². The quantitative estimate of drug-likeness (QED) is 0.668. The van der Waals surface area contributed by atoms with Gasteiger partial charge < -0.3 is 29.9 Å². The molecule has 0 unspecified atom stereocenters. The zero-order valence-corrected chi connectivity index (χ0v) is 21.2. The first kappa shape index (κ1) is 26.9. The zero-order valence-electron chi connectivity index (χ0n) is 21.2. The first-order valence-corrected chi connectivity index (χ1v) is 11.7. The van der Waals surface area contributed by atoms with Crippen LogP contribution in [-0.2, 0) is 9.53 Å². The largest absolute Gasteiger partial charge is 0.491 e. The minimum atomic E-state index is -0.589. The molecule has 1 aliphatic rings. The SMILES string of the molecule is CO[C@@H]1CN(C)C(=O)c2cc(NC(=O)Nc3cccc(F)c3)ccc2OC[C@H](C)N(C(C)=O)C[C@@H]1C. The topological polar surface area (TPSA) is 100 Å². The lowest BCUT2D eigenvalue weighted by Crippen LogP contribution is -2.48. The molecule has 10 heteroatoms. The third-order valence-electron chi connectivity index (χ3n) is 6.19. The number of hydrogen-bond acceptors (Lipinski definition) is 5. The van der Waals surface area contributed by atoms with E-state index in [9.17, 15) is 18.8 Å². The number of hydrogen-bond donors (Lipinski definition) is 2. The van der Waals surface area contributed by atoms with E-state index in [1.165, 1.54) is 36.1 Å². The van der Waals surface area contributed by atoms with Crippen molar-refractivity contribution in [3.63, 3.8) is 0 Å². The van der Waals surface area contributed by atoms with Crippen LogP contribution >= 0.6 is 0 Å². The van der Waals surface area contributed by atoms with Gasteiger partial charge >= 0.3 is 6.03 Å². The molecule has 0 fully saturated rings. The Morgan fingerprint density at radius 3 is 2.42 bits per heavy atom. The van der Waals surface area contributed by atoms with Crippen LogP contribution in [0.5, 0.6) is 5.75 Å². The number of nitrogens with zero attached hydrogens (tertiary/aromatic N) is 2. The Morgan fingerprint density at radius 1 is 1.08 bits per heavy atom. The summed E-state index contributed by atoms with van der Waals surface area (Å²) in [4.78, 5) is 41.4. The predicted octanol–water partition coefficient (Wildman–Crippen LogP) is 3.82. The number of halogens is 1. The number of amides is 4. The first-order chi connectivity index (χ1) is 17.1. The minimum absolute atomic E-state index is 0.0324. The predicted molar refractivity (Wildman–Crippen MR) is 135 cm³/mol. The number of benzene rings is 2. The molecule has 0 radical (unpaired) electrons. The van der Waals surface area contributed by atoms with Crippen molar-refractivity contribution in [1.82, 2.24) is 9.80 Å². The number of methoxy groups -OCH3 is 1. The summed E-state index contributed by atoms with van der Waals surface area (Å²) in [5, 5.41) is 5.22. The summed E-state index contributed by atoms with van der Waals surface area (Å²) in [6.45, 7) is 6.34. The van der Waals surface area contributed by atoms with Crippen LogP contribution in [0.25, 0.3) is 0 Å². The number of carbonyl (C=O) groups is 3. The molecular weight excluding hydrogens is 467 g/mol. The molecule has 0 saturated carbocycles. The van der Waals surface area contributed by atoms with Crippen LogP contribution in [0.15, 0.2) is 42.5 Å². The van der Waals surface area contributed by atoms with E-state index in [4.69, 9.17) is 9.47 Å². The number of nitrogens with one attached hydrogen (secondary N) is 2. The van der Waals surface area contributed by atoms with Crippen LogP contribution in [0, 0.1) is 11.7 Å². The molecule has 0 bridgehead atoms. The molecule has 2 aromatic carbocycles. The molecule has 4 amide bonds. The molecule has 1 heterocycles. The number of ether oxygens (including phenoxy) is 2. The van der Waals surface area contributed by atoms with Crippen LogP contribution in [0.3, 0.4) is 0 Å². The highest BCUT2D eigenvalue weighted by Crippen LogP contribution is 2.26. The monoisotopic (exact) mass is 500 g/mol. The molecule has 3 rings (SSSR count). The van der Waals surface area contributed by atoms with E-state index in [0.717, 1.165) is 0 Å². The van der Waals surface area contributed by atoms with Crippen molar-refractivity contribution in [2.45, 2.75) is 32.9 Å².